The zero-order valence-corrected chi connectivity index (χ0v) is 21.5. The summed E-state index contributed by atoms with van der Waals surface area (Å²) in [6.45, 7) is 27.3. The number of ether oxygens (including phenoxy) is 2. The van der Waals surface area contributed by atoms with Crippen LogP contribution < -0.4 is 0 Å². The maximum Gasteiger partial charge on any atom is 0.306 e. The second kappa shape index (κ2) is 8.81. The van der Waals surface area contributed by atoms with E-state index in [9.17, 15) is 9.90 Å². The van der Waals surface area contributed by atoms with E-state index in [1.807, 2.05) is 33.8 Å². The first-order chi connectivity index (χ1) is 12.9. The summed E-state index contributed by atoms with van der Waals surface area (Å²) in [6, 6.07) is 0. The van der Waals surface area contributed by atoms with Crippen LogP contribution in [0.25, 0.3) is 0 Å². The Hall–Kier alpha value is -0.693. The fourth-order valence-corrected chi connectivity index (χ4v) is 5.39. The smallest absolute Gasteiger partial charge is 0.306 e. The van der Waals surface area contributed by atoms with Crippen LogP contribution in [-0.2, 0) is 18.7 Å². The number of carboxylic acids is 1. The van der Waals surface area contributed by atoms with Crippen LogP contribution in [0.4, 0.5) is 0 Å². The Morgan fingerprint density at radius 1 is 1.21 bits per heavy atom. The van der Waals surface area contributed by atoms with Crippen LogP contribution in [0.15, 0.2) is 12.7 Å². The van der Waals surface area contributed by atoms with Crippen molar-refractivity contribution in [2.45, 2.75) is 111 Å². The summed E-state index contributed by atoms with van der Waals surface area (Å²) in [5.74, 6) is -1.54. The first-order valence-electron chi connectivity index (χ1n) is 10.7. The average Bonchev–Trinajstić information content (AvgIpc) is 2.53. The van der Waals surface area contributed by atoms with Crippen molar-refractivity contribution in [2.24, 2.45) is 17.3 Å². The van der Waals surface area contributed by atoms with Crippen LogP contribution in [0.5, 0.6) is 0 Å². The number of carboxylic acid groups (broad SMARTS) is 1. The quantitative estimate of drug-likeness (QED) is 0.388. The molecule has 1 fully saturated rings. The topological polar surface area (TPSA) is 65.0 Å². The van der Waals surface area contributed by atoms with Gasteiger partial charge in [0.25, 0.3) is 0 Å². The first kappa shape index (κ1) is 26.3. The van der Waals surface area contributed by atoms with Crippen molar-refractivity contribution < 1.29 is 23.8 Å². The molecule has 0 aromatic carbocycles. The van der Waals surface area contributed by atoms with Gasteiger partial charge < -0.3 is 19.0 Å². The van der Waals surface area contributed by atoms with Gasteiger partial charge in [-0.25, -0.2) is 0 Å². The Morgan fingerprint density at radius 3 is 2.14 bits per heavy atom. The van der Waals surface area contributed by atoms with Gasteiger partial charge in [-0.1, -0.05) is 54.5 Å². The van der Waals surface area contributed by atoms with Crippen LogP contribution in [0.2, 0.25) is 18.1 Å². The lowest BCUT2D eigenvalue weighted by atomic mass is 9.71. The Labute approximate surface area is 179 Å². The molecule has 1 rings (SSSR count). The first-order valence-corrected chi connectivity index (χ1v) is 13.6. The van der Waals surface area contributed by atoms with Gasteiger partial charge in [0.1, 0.15) is 0 Å². The molecule has 0 aromatic rings. The molecule has 0 aromatic heterocycles. The van der Waals surface area contributed by atoms with Gasteiger partial charge in [-0.3, -0.25) is 4.79 Å². The Kier molecular flexibility index (Phi) is 8.01. The minimum Gasteiger partial charge on any atom is -0.481 e. The van der Waals surface area contributed by atoms with E-state index in [-0.39, 0.29) is 35.5 Å². The average molecular weight is 429 g/mol. The molecule has 0 saturated carbocycles. The predicted molar refractivity (Wildman–Crippen MR) is 120 cm³/mol. The Balaban J connectivity index is 3.32. The minimum atomic E-state index is -2.03. The summed E-state index contributed by atoms with van der Waals surface area (Å²) in [4.78, 5) is 11.5. The lowest BCUT2D eigenvalue weighted by Crippen LogP contribution is -2.61. The van der Waals surface area contributed by atoms with Crippen molar-refractivity contribution in [2.75, 3.05) is 0 Å². The van der Waals surface area contributed by atoms with Crippen molar-refractivity contribution in [3.63, 3.8) is 0 Å². The summed E-state index contributed by atoms with van der Waals surface area (Å²) >= 11 is 0. The third-order valence-electron chi connectivity index (χ3n) is 6.88. The van der Waals surface area contributed by atoms with Crippen molar-refractivity contribution in [3.05, 3.63) is 12.7 Å². The molecule has 0 bridgehead atoms. The van der Waals surface area contributed by atoms with Gasteiger partial charge in [0, 0.05) is 11.3 Å². The molecule has 0 amide bonds. The van der Waals surface area contributed by atoms with E-state index < -0.39 is 31.6 Å². The SMILES string of the molecule is C=C[C@H](C)[C@H](O[Si](C)(C)C(C)(C)C)[C@@H](C)[C@H]1OC(C)(C)O[C@@H](CC(=O)O)C1(C)C. The number of rotatable bonds is 8. The standard InChI is InChI=1S/C23H44O5Si/c1-13-15(2)19(28-29(11,12)21(4,5)6)16(3)20-22(7,8)17(14-18(24)25)26-23(9,10)27-20/h13,15-17,19-20H,1,14H2,2-12H3,(H,24,25)/t15-,16+,17-,19-,20+/m0/s1. The molecule has 1 heterocycles. The highest BCUT2D eigenvalue weighted by atomic mass is 28.4. The molecule has 0 spiro atoms. The maximum atomic E-state index is 11.5. The van der Waals surface area contributed by atoms with Crippen LogP contribution in [-0.4, -0.2) is 43.5 Å². The molecule has 1 saturated heterocycles. The molecule has 0 radical (unpaired) electrons. The Morgan fingerprint density at radius 2 is 1.72 bits per heavy atom. The molecule has 0 aliphatic carbocycles. The fourth-order valence-electron chi connectivity index (χ4n) is 3.93. The minimum absolute atomic E-state index is 0.0339. The second-order valence-electron chi connectivity index (χ2n) is 11.3. The van der Waals surface area contributed by atoms with E-state index in [0.717, 1.165) is 0 Å². The Bertz CT molecular complexity index is 591. The summed E-state index contributed by atoms with van der Waals surface area (Å²) in [7, 11) is -2.03. The zero-order chi connectivity index (χ0) is 23.0. The van der Waals surface area contributed by atoms with Gasteiger partial charge in [-0.2, -0.15) is 0 Å². The number of hydrogen-bond acceptors (Lipinski definition) is 4. The lowest BCUT2D eigenvalue weighted by Gasteiger charge is -2.54. The highest BCUT2D eigenvalue weighted by Gasteiger charge is 2.53. The van der Waals surface area contributed by atoms with Crippen LogP contribution >= 0.6 is 0 Å². The summed E-state index contributed by atoms with van der Waals surface area (Å²) in [6.07, 6.45) is 1.17. The maximum absolute atomic E-state index is 11.5. The van der Waals surface area contributed by atoms with Gasteiger partial charge in [-0.05, 0) is 37.9 Å². The van der Waals surface area contributed by atoms with Crippen LogP contribution in [0, 0.1) is 17.3 Å². The van der Waals surface area contributed by atoms with E-state index in [2.05, 4.69) is 54.3 Å². The van der Waals surface area contributed by atoms with Crippen molar-refractivity contribution in [1.82, 2.24) is 0 Å². The third-order valence-corrected chi connectivity index (χ3v) is 11.4. The molecule has 0 unspecified atom stereocenters. The fraction of sp³-hybridized carbons (Fsp3) is 0.870. The van der Waals surface area contributed by atoms with E-state index in [0.29, 0.717) is 0 Å². The largest absolute Gasteiger partial charge is 0.481 e. The highest BCUT2D eigenvalue weighted by molar-refractivity contribution is 6.74. The predicted octanol–water partition coefficient (Wildman–Crippen LogP) is 5.86. The van der Waals surface area contributed by atoms with Crippen molar-refractivity contribution in [1.29, 1.82) is 0 Å². The number of carbonyl (C=O) groups is 1. The highest BCUT2D eigenvalue weighted by Crippen LogP contribution is 2.47. The molecular weight excluding hydrogens is 384 g/mol. The van der Waals surface area contributed by atoms with Crippen molar-refractivity contribution in [3.8, 4) is 0 Å². The van der Waals surface area contributed by atoms with Gasteiger partial charge in [0.2, 0.25) is 0 Å². The summed E-state index contributed by atoms with van der Waals surface area (Å²) < 4.78 is 19.3. The molecule has 5 atom stereocenters. The number of aliphatic carboxylic acids is 1. The normalized spacial score (nSPS) is 27.7. The molecule has 29 heavy (non-hydrogen) atoms. The van der Waals surface area contributed by atoms with Gasteiger partial charge in [0.05, 0.1) is 24.7 Å². The molecule has 170 valence electrons. The van der Waals surface area contributed by atoms with Gasteiger partial charge >= 0.3 is 5.97 Å². The van der Waals surface area contributed by atoms with Crippen LogP contribution in [0.1, 0.15) is 68.7 Å². The monoisotopic (exact) mass is 428 g/mol. The van der Waals surface area contributed by atoms with Crippen LogP contribution in [0.3, 0.4) is 0 Å². The van der Waals surface area contributed by atoms with E-state index in [1.54, 1.807) is 0 Å². The van der Waals surface area contributed by atoms with Gasteiger partial charge in [0.15, 0.2) is 14.1 Å². The summed E-state index contributed by atoms with van der Waals surface area (Å²) in [5.41, 5.74) is -0.483. The molecule has 1 N–H and O–H groups in total. The molecule has 1 aliphatic rings. The van der Waals surface area contributed by atoms with E-state index >= 15 is 0 Å². The third kappa shape index (κ3) is 6.15. The molecule has 6 heteroatoms. The van der Waals surface area contributed by atoms with Gasteiger partial charge in [-0.15, -0.1) is 6.58 Å². The second-order valence-corrected chi connectivity index (χ2v) is 16.0. The van der Waals surface area contributed by atoms with Crippen molar-refractivity contribution >= 4 is 14.3 Å². The van der Waals surface area contributed by atoms with E-state index in [4.69, 9.17) is 13.9 Å². The summed E-state index contributed by atoms with van der Waals surface area (Å²) in [5, 5.41) is 9.50. The van der Waals surface area contributed by atoms with E-state index in [1.165, 1.54) is 0 Å². The lowest BCUT2D eigenvalue weighted by molar-refractivity contribution is -0.353. The zero-order valence-electron chi connectivity index (χ0n) is 20.5. The molecular formula is C23H44O5Si. The molecule has 5 nitrogen and oxygen atoms in total. The number of hydrogen-bond donors (Lipinski definition) is 1. The molecule has 1 aliphatic heterocycles.